The molecule has 1 saturated heterocycles. The number of rotatable bonds is 5. The third-order valence-electron chi connectivity index (χ3n) is 6.04. The van der Waals surface area contributed by atoms with Gasteiger partial charge in [0.05, 0.1) is 5.69 Å². The van der Waals surface area contributed by atoms with Crippen LogP contribution in [0.5, 0.6) is 0 Å². The van der Waals surface area contributed by atoms with Crippen LogP contribution < -0.4 is 15.1 Å². The Morgan fingerprint density at radius 2 is 1.90 bits per heavy atom. The zero-order chi connectivity index (χ0) is 22.1. The highest BCUT2D eigenvalue weighted by atomic mass is 32.1. The molecule has 2 amide bonds. The van der Waals surface area contributed by atoms with Gasteiger partial charge in [-0.3, -0.25) is 19.8 Å². The number of carbonyl (C=O) groups excluding carboxylic acids is 2. The third-order valence-corrected chi connectivity index (χ3v) is 6.32. The van der Waals surface area contributed by atoms with Crippen molar-refractivity contribution in [2.45, 2.75) is 40.0 Å². The Labute approximate surface area is 188 Å². The second-order valence-corrected chi connectivity index (χ2v) is 8.59. The zero-order valence-electron chi connectivity index (χ0n) is 18.2. The lowest BCUT2D eigenvalue weighted by Crippen LogP contribution is -2.54. The summed E-state index contributed by atoms with van der Waals surface area (Å²) in [4.78, 5) is 29.7. The van der Waals surface area contributed by atoms with Crippen LogP contribution in [0.25, 0.3) is 6.08 Å². The Kier molecular flexibility index (Phi) is 5.92. The molecule has 31 heavy (non-hydrogen) atoms. The van der Waals surface area contributed by atoms with E-state index in [1.165, 1.54) is 29.0 Å². The lowest BCUT2D eigenvalue weighted by molar-refractivity contribution is -0.122. The first kappa shape index (κ1) is 21.2. The van der Waals surface area contributed by atoms with Crippen LogP contribution in [0.4, 0.5) is 11.4 Å². The van der Waals surface area contributed by atoms with Crippen molar-refractivity contribution in [3.8, 4) is 0 Å². The molecule has 2 aromatic carbocycles. The maximum atomic E-state index is 13.3. The van der Waals surface area contributed by atoms with E-state index in [1.54, 1.807) is 6.08 Å². The van der Waals surface area contributed by atoms with E-state index >= 15 is 0 Å². The fraction of sp³-hybridized carbons (Fsp3) is 0.320. The molecule has 5 nitrogen and oxygen atoms in total. The monoisotopic (exact) mass is 433 g/mol. The summed E-state index contributed by atoms with van der Waals surface area (Å²) in [6.45, 7) is 8.28. The van der Waals surface area contributed by atoms with Gasteiger partial charge in [0, 0.05) is 18.8 Å². The predicted molar refractivity (Wildman–Crippen MR) is 129 cm³/mol. The number of anilines is 2. The van der Waals surface area contributed by atoms with Gasteiger partial charge in [0.25, 0.3) is 11.8 Å². The molecule has 0 unspecified atom stereocenters. The van der Waals surface area contributed by atoms with Gasteiger partial charge in [-0.2, -0.15) is 0 Å². The van der Waals surface area contributed by atoms with Gasteiger partial charge in [-0.1, -0.05) is 25.5 Å². The number of benzene rings is 2. The molecule has 160 valence electrons. The van der Waals surface area contributed by atoms with Crippen LogP contribution in [0.2, 0.25) is 0 Å². The summed E-state index contributed by atoms with van der Waals surface area (Å²) in [6.07, 6.45) is 5.00. The molecule has 0 bridgehead atoms. The number of hydrogen-bond acceptors (Lipinski definition) is 4. The molecule has 0 atom stereocenters. The molecule has 2 aliphatic rings. The molecule has 1 fully saturated rings. The molecule has 0 saturated carbocycles. The second kappa shape index (κ2) is 8.63. The van der Waals surface area contributed by atoms with E-state index in [9.17, 15) is 9.59 Å². The topological polar surface area (TPSA) is 52.7 Å². The lowest BCUT2D eigenvalue weighted by Gasteiger charge is -2.29. The number of aryl methyl sites for hydroxylation is 2. The summed E-state index contributed by atoms with van der Waals surface area (Å²) < 4.78 is 0. The van der Waals surface area contributed by atoms with Crippen molar-refractivity contribution in [2.75, 3.05) is 22.9 Å². The molecular weight excluding hydrogens is 406 g/mol. The van der Waals surface area contributed by atoms with Crippen molar-refractivity contribution >= 4 is 46.6 Å². The number of hydrogen-bond donors (Lipinski definition) is 1. The number of nitrogens with zero attached hydrogens (tertiary/aromatic N) is 2. The fourth-order valence-corrected chi connectivity index (χ4v) is 4.37. The van der Waals surface area contributed by atoms with Crippen molar-refractivity contribution in [3.05, 3.63) is 64.2 Å². The van der Waals surface area contributed by atoms with Gasteiger partial charge < -0.3 is 4.90 Å². The molecular formula is C25H27N3O2S. The summed E-state index contributed by atoms with van der Waals surface area (Å²) in [6, 6.07) is 11.9. The van der Waals surface area contributed by atoms with Gasteiger partial charge in [0.2, 0.25) is 0 Å². The summed E-state index contributed by atoms with van der Waals surface area (Å²) in [5.74, 6) is -0.859. The lowest BCUT2D eigenvalue weighted by atomic mass is 10.0. The zero-order valence-corrected chi connectivity index (χ0v) is 19.0. The molecule has 0 spiro atoms. The van der Waals surface area contributed by atoms with Gasteiger partial charge in [-0.15, -0.1) is 0 Å². The highest BCUT2D eigenvalue weighted by Crippen LogP contribution is 2.30. The minimum absolute atomic E-state index is 0.0904. The van der Waals surface area contributed by atoms with Crippen molar-refractivity contribution in [1.82, 2.24) is 5.32 Å². The van der Waals surface area contributed by atoms with Crippen LogP contribution in [-0.2, 0) is 16.0 Å². The molecule has 0 radical (unpaired) electrons. The van der Waals surface area contributed by atoms with Gasteiger partial charge in [-0.25, -0.2) is 0 Å². The molecule has 2 aliphatic heterocycles. The van der Waals surface area contributed by atoms with Crippen molar-refractivity contribution in [3.63, 3.8) is 0 Å². The first-order valence-electron chi connectivity index (χ1n) is 10.8. The van der Waals surface area contributed by atoms with Crippen LogP contribution in [0, 0.1) is 13.8 Å². The Morgan fingerprint density at radius 3 is 2.65 bits per heavy atom. The molecule has 6 heteroatoms. The molecule has 0 aliphatic carbocycles. The van der Waals surface area contributed by atoms with E-state index < -0.39 is 11.8 Å². The van der Waals surface area contributed by atoms with Crippen molar-refractivity contribution in [2.24, 2.45) is 0 Å². The molecule has 2 heterocycles. The summed E-state index contributed by atoms with van der Waals surface area (Å²) >= 11 is 5.31. The van der Waals surface area contributed by atoms with E-state index in [1.807, 2.05) is 38.1 Å². The normalized spacial score (nSPS) is 17.4. The number of fused-ring (bicyclic) bond motifs is 1. The maximum absolute atomic E-state index is 13.3. The number of carbonyl (C=O) groups is 2. The van der Waals surface area contributed by atoms with Crippen molar-refractivity contribution < 1.29 is 9.59 Å². The highest BCUT2D eigenvalue weighted by Gasteiger charge is 2.34. The SMILES string of the molecule is CCCCN1CCc2cc(C=C3C(=O)NC(=S)N(c4ccc(C)c(C)c4)C3=O)ccc21. The van der Waals surface area contributed by atoms with E-state index in [0.29, 0.717) is 5.69 Å². The minimum atomic E-state index is -0.458. The standard InChI is InChI=1S/C25H27N3O2S/c1-4-5-11-27-12-10-19-14-18(7-9-22(19)27)15-21-23(29)26-25(31)28(24(21)30)20-8-6-16(2)17(3)13-20/h6-9,13-15H,4-5,10-12H2,1-3H3,(H,26,29,31). The Balaban J connectivity index is 1.64. The Bertz CT molecular complexity index is 1110. The average Bonchev–Trinajstić information content (AvgIpc) is 3.14. The molecule has 1 N–H and O–H groups in total. The number of nitrogens with one attached hydrogen (secondary N) is 1. The van der Waals surface area contributed by atoms with Crippen LogP contribution in [0.3, 0.4) is 0 Å². The molecule has 2 aromatic rings. The van der Waals surface area contributed by atoms with Gasteiger partial charge in [0.15, 0.2) is 5.11 Å². The summed E-state index contributed by atoms with van der Waals surface area (Å²) in [5, 5.41) is 2.77. The first-order valence-corrected chi connectivity index (χ1v) is 11.2. The van der Waals surface area contributed by atoms with Gasteiger partial charge in [-0.05, 0) is 91.5 Å². The fourth-order valence-electron chi connectivity index (χ4n) is 4.08. The first-order chi connectivity index (χ1) is 14.9. The summed E-state index contributed by atoms with van der Waals surface area (Å²) in [7, 11) is 0. The van der Waals surface area contributed by atoms with Crippen LogP contribution >= 0.6 is 12.2 Å². The Hall–Kier alpha value is -2.99. The highest BCUT2D eigenvalue weighted by molar-refractivity contribution is 7.80. The minimum Gasteiger partial charge on any atom is -0.371 e. The Morgan fingerprint density at radius 1 is 1.10 bits per heavy atom. The van der Waals surface area contributed by atoms with E-state index in [2.05, 4.69) is 29.3 Å². The van der Waals surface area contributed by atoms with Crippen LogP contribution in [0.1, 0.15) is 42.0 Å². The maximum Gasteiger partial charge on any atom is 0.270 e. The van der Waals surface area contributed by atoms with Gasteiger partial charge in [0.1, 0.15) is 5.57 Å². The predicted octanol–water partition coefficient (Wildman–Crippen LogP) is 4.30. The molecule has 4 rings (SSSR count). The van der Waals surface area contributed by atoms with Crippen molar-refractivity contribution in [1.29, 1.82) is 0 Å². The third kappa shape index (κ3) is 4.12. The summed E-state index contributed by atoms with van der Waals surface area (Å²) in [5.41, 5.74) is 6.30. The number of unbranched alkanes of at least 4 members (excludes halogenated alkanes) is 1. The quantitative estimate of drug-likeness (QED) is 0.434. The van der Waals surface area contributed by atoms with Gasteiger partial charge >= 0.3 is 0 Å². The van der Waals surface area contributed by atoms with E-state index in [0.717, 1.165) is 36.2 Å². The number of thiocarbonyl (C=S) groups is 1. The second-order valence-electron chi connectivity index (χ2n) is 8.21. The van der Waals surface area contributed by atoms with Crippen LogP contribution in [-0.4, -0.2) is 30.0 Å². The average molecular weight is 434 g/mol. The smallest absolute Gasteiger partial charge is 0.270 e. The van der Waals surface area contributed by atoms with Crippen LogP contribution in [0.15, 0.2) is 42.0 Å². The molecule has 0 aromatic heterocycles. The largest absolute Gasteiger partial charge is 0.371 e. The van der Waals surface area contributed by atoms with E-state index in [-0.39, 0.29) is 10.7 Å². The van der Waals surface area contributed by atoms with E-state index in [4.69, 9.17) is 12.2 Å². The number of amides is 2.